The summed E-state index contributed by atoms with van der Waals surface area (Å²) in [5.41, 5.74) is 9.19. The van der Waals surface area contributed by atoms with Crippen LogP contribution in [0.1, 0.15) is 99.3 Å². The second-order valence-electron chi connectivity index (χ2n) is 15.4. The molecule has 0 aromatic carbocycles. The van der Waals surface area contributed by atoms with Gasteiger partial charge in [-0.2, -0.15) is 0 Å². The monoisotopic (exact) mass is 685 g/mol. The van der Waals surface area contributed by atoms with Gasteiger partial charge in [0.2, 0.25) is 0 Å². The van der Waals surface area contributed by atoms with Gasteiger partial charge in [-0.25, -0.2) is 0 Å². The molecule has 7 heteroatoms. The fraction of sp³-hybridized carbons (Fsp3) is 0.750. The van der Waals surface area contributed by atoms with Crippen LogP contribution in [0, 0.1) is 0 Å². The Hall–Kier alpha value is 0.777. The van der Waals surface area contributed by atoms with E-state index in [1.54, 1.807) is 22.3 Å². The molecular weight excluding hydrogens is 635 g/mol. The zero-order valence-electron chi connectivity index (χ0n) is 26.3. The van der Waals surface area contributed by atoms with Crippen LogP contribution in [0.3, 0.4) is 0 Å². The van der Waals surface area contributed by atoms with Crippen molar-refractivity contribution < 1.29 is 28.2 Å². The van der Waals surface area contributed by atoms with Crippen molar-refractivity contribution in [2.24, 2.45) is 0 Å². The topological polar surface area (TPSA) is 18.5 Å². The quantitative estimate of drug-likeness (QED) is 0.237. The minimum atomic E-state index is -2.66. The molecule has 0 amide bonds. The first-order chi connectivity index (χ1) is 17.9. The van der Waals surface area contributed by atoms with E-state index in [4.69, 9.17) is 25.9 Å². The molecule has 0 fully saturated rings. The summed E-state index contributed by atoms with van der Waals surface area (Å²) in [5.74, 6) is 0. The number of hydrogen-bond acceptors (Lipinski definition) is 2. The summed E-state index contributed by atoms with van der Waals surface area (Å²) in [6, 6.07) is 0. The van der Waals surface area contributed by atoms with Crippen LogP contribution < -0.4 is 0 Å². The molecule has 0 N–H and O–H groups in total. The maximum absolute atomic E-state index is 7.06. The Labute approximate surface area is 257 Å². The summed E-state index contributed by atoms with van der Waals surface area (Å²) in [6.07, 6.45) is 16.0. The van der Waals surface area contributed by atoms with Crippen LogP contribution in [0.2, 0.25) is 39.9 Å². The third-order valence-electron chi connectivity index (χ3n) is 10.6. The Morgan fingerprint density at radius 2 is 1.18 bits per heavy atom. The molecule has 39 heavy (non-hydrogen) atoms. The van der Waals surface area contributed by atoms with Gasteiger partial charge in [-0.15, -0.1) is 0 Å². The Morgan fingerprint density at radius 1 is 0.744 bits per heavy atom. The van der Waals surface area contributed by atoms with Crippen molar-refractivity contribution in [1.29, 1.82) is 0 Å². The second-order valence-corrected chi connectivity index (χ2v) is 34.0. The normalized spacial score (nSPS) is 25.4. The first kappa shape index (κ1) is 32.7. The predicted octanol–water partition coefficient (Wildman–Crippen LogP) is 11.5. The number of rotatable bonds is 8. The first-order valence-corrected chi connectivity index (χ1v) is 28.9. The van der Waals surface area contributed by atoms with Gasteiger partial charge in [0.05, 0.1) is 0 Å². The molecule has 0 spiro atoms. The van der Waals surface area contributed by atoms with E-state index < -0.39 is 36.0 Å². The van der Waals surface area contributed by atoms with E-state index in [1.807, 2.05) is 0 Å². The summed E-state index contributed by atoms with van der Waals surface area (Å²) in [7, 11) is 10.3. The number of allylic oxidation sites excluding steroid dienone is 4. The van der Waals surface area contributed by atoms with E-state index in [-0.39, 0.29) is 25.9 Å². The van der Waals surface area contributed by atoms with Crippen LogP contribution in [0.25, 0.3) is 0 Å². The summed E-state index contributed by atoms with van der Waals surface area (Å²) in [4.78, 5) is 0. The van der Waals surface area contributed by atoms with Crippen molar-refractivity contribution in [1.82, 2.24) is 0 Å². The van der Waals surface area contributed by atoms with Gasteiger partial charge in [0.25, 0.3) is 0 Å². The van der Waals surface area contributed by atoms with Crippen molar-refractivity contribution >= 4 is 33.7 Å². The summed E-state index contributed by atoms with van der Waals surface area (Å²) < 4.78 is 14.4. The van der Waals surface area contributed by atoms with E-state index in [0.29, 0.717) is 0 Å². The molecule has 4 aliphatic carbocycles. The molecule has 0 saturated heterocycles. The van der Waals surface area contributed by atoms with Gasteiger partial charge in [0.1, 0.15) is 0 Å². The maximum atomic E-state index is 7.06. The Kier molecular flexibility index (Phi) is 10.1. The molecular formula is C32H53Cl2O2Si2Zr. The van der Waals surface area contributed by atoms with Crippen LogP contribution in [-0.4, -0.2) is 28.8 Å². The van der Waals surface area contributed by atoms with Crippen molar-refractivity contribution in [3.05, 3.63) is 45.6 Å². The Bertz CT molecular complexity index is 1070. The molecule has 0 aliphatic heterocycles. The third-order valence-corrected chi connectivity index (χ3v) is 25.2. The summed E-state index contributed by atoms with van der Waals surface area (Å²) >= 11 is -2.66. The van der Waals surface area contributed by atoms with E-state index in [9.17, 15) is 0 Å². The van der Waals surface area contributed by atoms with Gasteiger partial charge in [-0.3, -0.25) is 0 Å². The SMILES string of the molecule is CC(C)(C)[Si](C)(C)OC1C=C(C[CH](C2=CC(O[Si](C)(C)C(C)(C)C)C3=C2CCCC3)[Zr]([Cl])[Cl])C2=C1CCCC2. The molecule has 4 aliphatic rings. The van der Waals surface area contributed by atoms with E-state index in [0.717, 1.165) is 19.3 Å². The fourth-order valence-corrected chi connectivity index (χ4v) is 13.0. The van der Waals surface area contributed by atoms with Gasteiger partial charge in [0.15, 0.2) is 0 Å². The van der Waals surface area contributed by atoms with E-state index >= 15 is 0 Å². The van der Waals surface area contributed by atoms with Crippen LogP contribution in [0.15, 0.2) is 45.6 Å². The molecule has 0 aromatic heterocycles. The third kappa shape index (κ3) is 6.96. The van der Waals surface area contributed by atoms with Gasteiger partial charge >= 0.3 is 259 Å². The number of hydrogen-bond donors (Lipinski definition) is 0. The molecule has 0 aromatic rings. The molecule has 0 bridgehead atoms. The van der Waals surface area contributed by atoms with Crippen LogP contribution in [0.4, 0.5) is 0 Å². The van der Waals surface area contributed by atoms with E-state index in [2.05, 4.69) is 79.9 Å². The molecule has 0 heterocycles. The fourth-order valence-electron chi connectivity index (χ4n) is 6.17. The summed E-state index contributed by atoms with van der Waals surface area (Å²) in [6.45, 7) is 23.6. The standard InChI is InChI=1S/C32H53O2Si2.2ClH.Zr/c1-31(2,3)35(7,8)33-29-21-23(25-15-11-13-17-27(25)29)19-20-24-22-30(28-18-14-12-16-26(24)28)34-36(9,10)32(4,5)6;;;/h19,21-22,29-30H,11-18,20H2,1-10H3;2*1H;/q;;;+2/p-2. The van der Waals surface area contributed by atoms with Gasteiger partial charge in [-0.1, -0.05) is 0 Å². The minimum absolute atomic E-state index is 0.117. The molecule has 0 radical (unpaired) electrons. The van der Waals surface area contributed by atoms with Crippen molar-refractivity contribution in [2.75, 3.05) is 0 Å². The zero-order valence-corrected chi connectivity index (χ0v) is 32.3. The second kappa shape index (κ2) is 12.0. The molecule has 3 unspecified atom stereocenters. The molecule has 3 atom stereocenters. The Morgan fingerprint density at radius 3 is 1.67 bits per heavy atom. The van der Waals surface area contributed by atoms with E-state index in [1.165, 1.54) is 49.7 Å². The first-order valence-electron chi connectivity index (χ1n) is 15.3. The van der Waals surface area contributed by atoms with Gasteiger partial charge in [0, 0.05) is 0 Å². The van der Waals surface area contributed by atoms with Crippen molar-refractivity contribution in [3.8, 4) is 0 Å². The molecule has 4 rings (SSSR count). The predicted molar refractivity (Wildman–Crippen MR) is 171 cm³/mol. The zero-order chi connectivity index (χ0) is 29.0. The molecule has 219 valence electrons. The molecule has 2 nitrogen and oxygen atoms in total. The van der Waals surface area contributed by atoms with Gasteiger partial charge < -0.3 is 0 Å². The average Bonchev–Trinajstić information content (AvgIpc) is 3.33. The Balaban J connectivity index is 1.65. The molecule has 0 saturated carbocycles. The van der Waals surface area contributed by atoms with Crippen LogP contribution >= 0.6 is 17.0 Å². The number of halogens is 2. The average molecular weight is 688 g/mol. The van der Waals surface area contributed by atoms with Crippen LogP contribution in [-0.2, 0) is 28.2 Å². The van der Waals surface area contributed by atoms with Crippen molar-refractivity contribution in [2.45, 2.75) is 151 Å². The van der Waals surface area contributed by atoms with Gasteiger partial charge in [-0.05, 0) is 0 Å². The van der Waals surface area contributed by atoms with Crippen molar-refractivity contribution in [3.63, 3.8) is 0 Å². The summed E-state index contributed by atoms with van der Waals surface area (Å²) in [5, 5.41) is 0.391. The van der Waals surface area contributed by atoms with Crippen LogP contribution in [0.5, 0.6) is 0 Å².